The number of carbonyl (C=O) groups excluding carboxylic acids is 2. The van der Waals surface area contributed by atoms with E-state index < -0.39 is 15.9 Å². The molecule has 3 rings (SSSR count). The SMILES string of the molecule is CN(CC(=O)Nc1cccc(Cl)c1)C(=O)c1ccc(S(=O)(=O)Nc2ccccc2)cc1. The van der Waals surface area contributed by atoms with Gasteiger partial charge in [-0.2, -0.15) is 0 Å². The molecule has 0 heterocycles. The number of nitrogens with one attached hydrogen (secondary N) is 2. The molecule has 0 saturated heterocycles. The highest BCUT2D eigenvalue weighted by molar-refractivity contribution is 7.92. The van der Waals surface area contributed by atoms with Gasteiger partial charge in [-0.15, -0.1) is 0 Å². The Hall–Kier alpha value is -3.36. The van der Waals surface area contributed by atoms with Crippen molar-refractivity contribution in [1.82, 2.24) is 4.90 Å². The van der Waals surface area contributed by atoms with Crippen molar-refractivity contribution >= 4 is 44.8 Å². The smallest absolute Gasteiger partial charge is 0.261 e. The van der Waals surface area contributed by atoms with Gasteiger partial charge < -0.3 is 10.2 Å². The average molecular weight is 458 g/mol. The molecule has 160 valence electrons. The van der Waals surface area contributed by atoms with E-state index >= 15 is 0 Å². The Bertz CT molecular complexity index is 1180. The van der Waals surface area contributed by atoms with E-state index in [0.717, 1.165) is 0 Å². The first-order chi connectivity index (χ1) is 14.7. The number of carbonyl (C=O) groups is 2. The van der Waals surface area contributed by atoms with Gasteiger partial charge in [-0.1, -0.05) is 35.9 Å². The van der Waals surface area contributed by atoms with Gasteiger partial charge in [0.2, 0.25) is 5.91 Å². The van der Waals surface area contributed by atoms with Gasteiger partial charge in [0.05, 0.1) is 11.4 Å². The van der Waals surface area contributed by atoms with Crippen LogP contribution >= 0.6 is 11.6 Å². The van der Waals surface area contributed by atoms with Crippen LogP contribution in [-0.2, 0) is 14.8 Å². The zero-order valence-electron chi connectivity index (χ0n) is 16.6. The van der Waals surface area contributed by atoms with Crippen molar-refractivity contribution in [2.75, 3.05) is 23.6 Å². The van der Waals surface area contributed by atoms with Crippen LogP contribution in [0.25, 0.3) is 0 Å². The molecule has 0 fully saturated rings. The number of benzene rings is 3. The summed E-state index contributed by atoms with van der Waals surface area (Å²) in [6.07, 6.45) is 0. The van der Waals surface area contributed by atoms with E-state index in [4.69, 9.17) is 11.6 Å². The fourth-order valence-electron chi connectivity index (χ4n) is 2.77. The van der Waals surface area contributed by atoms with E-state index in [1.54, 1.807) is 54.6 Å². The summed E-state index contributed by atoms with van der Waals surface area (Å²) in [7, 11) is -2.30. The summed E-state index contributed by atoms with van der Waals surface area (Å²) >= 11 is 5.89. The number of amides is 2. The monoisotopic (exact) mass is 457 g/mol. The van der Waals surface area contributed by atoms with E-state index in [1.807, 2.05) is 0 Å². The summed E-state index contributed by atoms with van der Waals surface area (Å²) in [4.78, 5) is 26.1. The summed E-state index contributed by atoms with van der Waals surface area (Å²) in [6.45, 7) is -0.180. The summed E-state index contributed by atoms with van der Waals surface area (Å²) < 4.78 is 27.5. The van der Waals surface area contributed by atoms with Crippen LogP contribution in [0.3, 0.4) is 0 Å². The fraction of sp³-hybridized carbons (Fsp3) is 0.0909. The molecule has 0 aliphatic carbocycles. The molecule has 0 unspecified atom stereocenters. The van der Waals surface area contributed by atoms with Crippen molar-refractivity contribution in [3.63, 3.8) is 0 Å². The van der Waals surface area contributed by atoms with Crippen LogP contribution in [0.5, 0.6) is 0 Å². The summed E-state index contributed by atoms with van der Waals surface area (Å²) in [6, 6.07) is 20.7. The van der Waals surface area contributed by atoms with Crippen molar-refractivity contribution in [2.45, 2.75) is 4.90 Å². The van der Waals surface area contributed by atoms with Gasteiger partial charge in [-0.3, -0.25) is 14.3 Å². The van der Waals surface area contributed by atoms with Crippen molar-refractivity contribution in [2.24, 2.45) is 0 Å². The van der Waals surface area contributed by atoms with E-state index in [-0.39, 0.29) is 22.9 Å². The van der Waals surface area contributed by atoms with Crippen molar-refractivity contribution in [3.8, 4) is 0 Å². The van der Waals surface area contributed by atoms with E-state index in [9.17, 15) is 18.0 Å². The van der Waals surface area contributed by atoms with Crippen LogP contribution in [0.1, 0.15) is 10.4 Å². The molecule has 3 aromatic carbocycles. The van der Waals surface area contributed by atoms with Crippen molar-refractivity contribution in [1.29, 1.82) is 0 Å². The molecule has 0 radical (unpaired) electrons. The lowest BCUT2D eigenvalue weighted by Gasteiger charge is -2.17. The summed E-state index contributed by atoms with van der Waals surface area (Å²) in [5.74, 6) is -0.800. The lowest BCUT2D eigenvalue weighted by atomic mass is 10.2. The Labute approximate surface area is 185 Å². The Morgan fingerprint density at radius 3 is 2.19 bits per heavy atom. The Balaban J connectivity index is 1.63. The van der Waals surface area contributed by atoms with Crippen LogP contribution in [-0.4, -0.2) is 38.7 Å². The number of halogens is 1. The number of hydrogen-bond acceptors (Lipinski definition) is 4. The van der Waals surface area contributed by atoms with E-state index in [1.165, 1.54) is 36.2 Å². The van der Waals surface area contributed by atoms with Gasteiger partial charge in [0.1, 0.15) is 0 Å². The number of nitrogens with zero attached hydrogens (tertiary/aromatic N) is 1. The normalized spacial score (nSPS) is 10.9. The van der Waals surface area contributed by atoms with Crippen molar-refractivity contribution < 1.29 is 18.0 Å². The molecule has 2 amide bonds. The molecule has 0 spiro atoms. The standard InChI is InChI=1S/C22H20ClN3O4S/c1-26(15-21(27)24-19-9-5-6-17(23)14-19)22(28)16-10-12-20(13-11-16)31(29,30)25-18-7-3-2-4-8-18/h2-14,25H,15H2,1H3,(H,24,27). The highest BCUT2D eigenvalue weighted by Crippen LogP contribution is 2.17. The predicted octanol–water partition coefficient (Wildman–Crippen LogP) is 3.85. The first-order valence-corrected chi connectivity index (χ1v) is 11.1. The maximum atomic E-state index is 12.6. The van der Waals surface area contributed by atoms with Crippen LogP contribution in [0, 0.1) is 0 Å². The molecule has 0 aliphatic heterocycles. The maximum absolute atomic E-state index is 12.6. The summed E-state index contributed by atoms with van der Waals surface area (Å²) in [5, 5.41) is 3.15. The van der Waals surface area contributed by atoms with Crippen LogP contribution in [0.2, 0.25) is 5.02 Å². The Morgan fingerprint density at radius 1 is 0.903 bits per heavy atom. The van der Waals surface area contributed by atoms with E-state index in [0.29, 0.717) is 16.4 Å². The minimum atomic E-state index is -3.78. The zero-order valence-corrected chi connectivity index (χ0v) is 18.2. The Kier molecular flexibility index (Phi) is 6.94. The van der Waals surface area contributed by atoms with Gasteiger partial charge in [-0.05, 0) is 54.6 Å². The van der Waals surface area contributed by atoms with Crippen LogP contribution in [0.15, 0.2) is 83.8 Å². The zero-order chi connectivity index (χ0) is 22.4. The first-order valence-electron chi connectivity index (χ1n) is 9.23. The van der Waals surface area contributed by atoms with Gasteiger partial charge >= 0.3 is 0 Å². The van der Waals surface area contributed by atoms with Crippen molar-refractivity contribution in [3.05, 3.63) is 89.4 Å². The van der Waals surface area contributed by atoms with Crippen LogP contribution in [0.4, 0.5) is 11.4 Å². The minimum Gasteiger partial charge on any atom is -0.332 e. The van der Waals surface area contributed by atoms with Gasteiger partial charge in [0.15, 0.2) is 0 Å². The third-order valence-corrected chi connectivity index (χ3v) is 5.91. The largest absolute Gasteiger partial charge is 0.332 e. The molecule has 31 heavy (non-hydrogen) atoms. The molecular formula is C22H20ClN3O4S. The second kappa shape index (κ2) is 9.63. The molecule has 0 aliphatic rings. The molecule has 0 saturated carbocycles. The van der Waals surface area contributed by atoms with Crippen LogP contribution < -0.4 is 10.0 Å². The maximum Gasteiger partial charge on any atom is 0.261 e. The molecule has 3 aromatic rings. The molecule has 0 atom stereocenters. The molecule has 2 N–H and O–H groups in total. The second-order valence-electron chi connectivity index (χ2n) is 6.72. The number of sulfonamides is 1. The predicted molar refractivity (Wildman–Crippen MR) is 121 cm³/mol. The third-order valence-electron chi connectivity index (χ3n) is 4.27. The number of likely N-dealkylation sites (N-methyl/N-ethyl adjacent to an activating group) is 1. The summed E-state index contributed by atoms with van der Waals surface area (Å²) in [5.41, 5.74) is 1.23. The Morgan fingerprint density at radius 2 is 1.55 bits per heavy atom. The molecular weight excluding hydrogens is 438 g/mol. The molecule has 0 aromatic heterocycles. The van der Waals surface area contributed by atoms with Gasteiger partial charge in [-0.25, -0.2) is 8.42 Å². The average Bonchev–Trinajstić information content (AvgIpc) is 2.73. The quantitative estimate of drug-likeness (QED) is 0.563. The number of hydrogen-bond donors (Lipinski definition) is 2. The topological polar surface area (TPSA) is 95.6 Å². The molecule has 0 bridgehead atoms. The molecule has 9 heteroatoms. The lowest BCUT2D eigenvalue weighted by molar-refractivity contribution is -0.116. The number of para-hydroxylation sites is 1. The fourth-order valence-corrected chi connectivity index (χ4v) is 4.02. The highest BCUT2D eigenvalue weighted by atomic mass is 35.5. The number of rotatable bonds is 7. The lowest BCUT2D eigenvalue weighted by Crippen LogP contribution is -2.34. The third kappa shape index (κ3) is 6.07. The number of anilines is 2. The second-order valence-corrected chi connectivity index (χ2v) is 8.83. The van der Waals surface area contributed by atoms with E-state index in [2.05, 4.69) is 10.0 Å². The highest BCUT2D eigenvalue weighted by Gasteiger charge is 2.18. The first kappa shape index (κ1) is 22.3. The minimum absolute atomic E-state index is 0.0225. The molecule has 7 nitrogen and oxygen atoms in total. The van der Waals surface area contributed by atoms with Gasteiger partial charge in [0, 0.05) is 29.0 Å². The van der Waals surface area contributed by atoms with Gasteiger partial charge in [0.25, 0.3) is 15.9 Å².